The van der Waals surface area contributed by atoms with Gasteiger partial charge < -0.3 is 14.7 Å². The minimum atomic E-state index is -0.375. The standard InChI is InChI=1S/C20H20N2O5S/c1-13(15-3-2-4-16(23)12-15)22-27-10-9-26-17-7-5-14(6-8-17)11-18-19(24)21-20(25)28-18/h2-8,12,18,23H,9-11H2,1H3,(H,21,24,25). The topological polar surface area (TPSA) is 97.2 Å². The van der Waals surface area contributed by atoms with Crippen molar-refractivity contribution in [3.63, 3.8) is 0 Å². The lowest BCUT2D eigenvalue weighted by Crippen LogP contribution is -2.25. The fourth-order valence-corrected chi connectivity index (χ4v) is 3.45. The van der Waals surface area contributed by atoms with E-state index in [1.165, 1.54) is 0 Å². The second kappa shape index (κ2) is 9.27. The number of hydrogen-bond donors (Lipinski definition) is 2. The summed E-state index contributed by atoms with van der Waals surface area (Å²) >= 11 is 1.02. The molecule has 1 aliphatic heterocycles. The SMILES string of the molecule is CC(=NOCCOc1ccc(CC2SC(=O)NC2=O)cc1)c1cccc(O)c1. The summed E-state index contributed by atoms with van der Waals surface area (Å²) in [6.45, 7) is 2.40. The van der Waals surface area contributed by atoms with Crippen molar-refractivity contribution in [3.05, 3.63) is 59.7 Å². The smallest absolute Gasteiger partial charge is 0.286 e. The predicted octanol–water partition coefficient (Wildman–Crippen LogP) is 3.11. The van der Waals surface area contributed by atoms with Gasteiger partial charge in [0.05, 0.1) is 11.0 Å². The summed E-state index contributed by atoms with van der Waals surface area (Å²) in [5, 5.41) is 15.1. The molecule has 1 heterocycles. The van der Waals surface area contributed by atoms with E-state index in [9.17, 15) is 14.7 Å². The van der Waals surface area contributed by atoms with Crippen molar-refractivity contribution in [1.82, 2.24) is 5.32 Å². The highest BCUT2D eigenvalue weighted by Crippen LogP contribution is 2.23. The average Bonchev–Trinajstić information content (AvgIpc) is 2.99. The van der Waals surface area contributed by atoms with Crippen LogP contribution in [0.4, 0.5) is 4.79 Å². The Kier molecular flexibility index (Phi) is 6.54. The number of hydrogen-bond acceptors (Lipinski definition) is 7. The number of amides is 2. The first-order valence-corrected chi connectivity index (χ1v) is 9.58. The van der Waals surface area contributed by atoms with Gasteiger partial charge in [-0.05, 0) is 43.2 Å². The van der Waals surface area contributed by atoms with Crippen molar-refractivity contribution in [2.24, 2.45) is 5.16 Å². The molecule has 2 N–H and O–H groups in total. The molecule has 1 atom stereocenters. The van der Waals surface area contributed by atoms with Crippen LogP contribution in [0.5, 0.6) is 11.5 Å². The van der Waals surface area contributed by atoms with Crippen LogP contribution < -0.4 is 10.1 Å². The van der Waals surface area contributed by atoms with E-state index in [1.807, 2.05) is 30.3 Å². The maximum absolute atomic E-state index is 11.6. The molecular weight excluding hydrogens is 380 g/mol. The molecule has 2 aromatic carbocycles. The van der Waals surface area contributed by atoms with Crippen molar-refractivity contribution < 1.29 is 24.3 Å². The Morgan fingerprint density at radius 1 is 1.18 bits per heavy atom. The summed E-state index contributed by atoms with van der Waals surface area (Å²) in [6, 6.07) is 14.2. The van der Waals surface area contributed by atoms with E-state index < -0.39 is 0 Å². The normalized spacial score (nSPS) is 16.8. The van der Waals surface area contributed by atoms with Crippen LogP contribution in [0, 0.1) is 0 Å². The molecule has 8 heteroatoms. The first kappa shape index (κ1) is 19.8. The Morgan fingerprint density at radius 2 is 1.96 bits per heavy atom. The number of phenolic OH excluding ortho intramolecular Hbond substituents is 1. The highest BCUT2D eigenvalue weighted by molar-refractivity contribution is 8.15. The molecule has 1 aliphatic rings. The Hall–Kier alpha value is -3.00. The fraction of sp³-hybridized carbons (Fsp3) is 0.250. The number of carbonyl (C=O) groups excluding carboxylic acids is 2. The molecule has 3 rings (SSSR count). The third-order valence-corrected chi connectivity index (χ3v) is 5.00. The number of thioether (sulfide) groups is 1. The number of ether oxygens (including phenoxy) is 1. The number of nitrogens with zero attached hydrogens (tertiary/aromatic N) is 1. The Labute approximate surface area is 166 Å². The summed E-state index contributed by atoms with van der Waals surface area (Å²) in [5.41, 5.74) is 2.40. The number of imide groups is 1. The third-order valence-electron chi connectivity index (χ3n) is 4.02. The van der Waals surface area contributed by atoms with Crippen LogP contribution >= 0.6 is 11.8 Å². The number of benzene rings is 2. The Morgan fingerprint density at radius 3 is 2.64 bits per heavy atom. The Balaban J connectivity index is 1.41. The molecule has 1 saturated heterocycles. The van der Waals surface area contributed by atoms with Gasteiger partial charge in [0.2, 0.25) is 5.91 Å². The number of aromatic hydroxyl groups is 1. The molecule has 7 nitrogen and oxygen atoms in total. The molecule has 28 heavy (non-hydrogen) atoms. The highest BCUT2D eigenvalue weighted by atomic mass is 32.2. The molecule has 0 radical (unpaired) electrons. The molecular formula is C20H20N2O5S. The molecule has 2 aromatic rings. The first-order valence-electron chi connectivity index (χ1n) is 8.70. The maximum atomic E-state index is 11.6. The van der Waals surface area contributed by atoms with Gasteiger partial charge in [0.1, 0.15) is 18.1 Å². The molecule has 0 aromatic heterocycles. The minimum absolute atomic E-state index is 0.178. The summed E-state index contributed by atoms with van der Waals surface area (Å²) in [7, 11) is 0. The number of oxime groups is 1. The number of carbonyl (C=O) groups is 2. The van der Waals surface area contributed by atoms with E-state index in [4.69, 9.17) is 9.57 Å². The zero-order valence-corrected chi connectivity index (χ0v) is 16.1. The van der Waals surface area contributed by atoms with Gasteiger partial charge in [-0.15, -0.1) is 0 Å². The number of nitrogens with one attached hydrogen (secondary N) is 1. The quantitative estimate of drug-likeness (QED) is 0.401. The van der Waals surface area contributed by atoms with Crippen LogP contribution in [-0.4, -0.2) is 40.4 Å². The second-order valence-corrected chi connectivity index (χ2v) is 7.32. The van der Waals surface area contributed by atoms with Gasteiger partial charge in [-0.25, -0.2) is 0 Å². The van der Waals surface area contributed by atoms with Crippen molar-refractivity contribution in [1.29, 1.82) is 0 Å². The van der Waals surface area contributed by atoms with E-state index in [0.717, 1.165) is 22.9 Å². The largest absolute Gasteiger partial charge is 0.508 e. The zero-order valence-electron chi connectivity index (χ0n) is 15.3. The number of phenols is 1. The fourth-order valence-electron chi connectivity index (χ4n) is 2.59. The van der Waals surface area contributed by atoms with E-state index in [0.29, 0.717) is 24.5 Å². The van der Waals surface area contributed by atoms with E-state index in [1.54, 1.807) is 25.1 Å². The van der Waals surface area contributed by atoms with Crippen molar-refractivity contribution in [2.45, 2.75) is 18.6 Å². The molecule has 2 amide bonds. The molecule has 1 fully saturated rings. The lowest BCUT2D eigenvalue weighted by Gasteiger charge is -2.08. The monoisotopic (exact) mass is 400 g/mol. The van der Waals surface area contributed by atoms with Gasteiger partial charge in [-0.2, -0.15) is 0 Å². The van der Waals surface area contributed by atoms with Crippen LogP contribution in [0.3, 0.4) is 0 Å². The van der Waals surface area contributed by atoms with E-state index >= 15 is 0 Å². The minimum Gasteiger partial charge on any atom is -0.508 e. The molecule has 0 spiro atoms. The second-order valence-electron chi connectivity index (χ2n) is 6.14. The Bertz CT molecular complexity index is 882. The average molecular weight is 400 g/mol. The maximum Gasteiger partial charge on any atom is 0.286 e. The van der Waals surface area contributed by atoms with Crippen molar-refractivity contribution in [3.8, 4) is 11.5 Å². The van der Waals surface area contributed by atoms with Gasteiger partial charge in [0, 0.05) is 5.56 Å². The van der Waals surface area contributed by atoms with Gasteiger partial charge in [0.25, 0.3) is 5.24 Å². The lowest BCUT2D eigenvalue weighted by atomic mass is 10.1. The van der Waals surface area contributed by atoms with Crippen LogP contribution in [0.25, 0.3) is 0 Å². The number of rotatable bonds is 8. The summed E-state index contributed by atoms with van der Waals surface area (Å²) in [5.74, 6) is 0.618. The molecule has 1 unspecified atom stereocenters. The zero-order chi connectivity index (χ0) is 19.9. The van der Waals surface area contributed by atoms with E-state index in [-0.39, 0.29) is 28.8 Å². The van der Waals surface area contributed by atoms with Gasteiger partial charge in [-0.1, -0.05) is 41.2 Å². The molecule has 0 aliphatic carbocycles. The predicted molar refractivity (Wildman–Crippen MR) is 107 cm³/mol. The van der Waals surface area contributed by atoms with Crippen LogP contribution in [0.15, 0.2) is 53.7 Å². The van der Waals surface area contributed by atoms with Gasteiger partial charge in [-0.3, -0.25) is 14.9 Å². The summed E-state index contributed by atoms with van der Waals surface area (Å²) < 4.78 is 5.60. The van der Waals surface area contributed by atoms with E-state index in [2.05, 4.69) is 10.5 Å². The third kappa shape index (κ3) is 5.50. The van der Waals surface area contributed by atoms with Crippen LogP contribution in [-0.2, 0) is 16.1 Å². The first-order chi connectivity index (χ1) is 13.5. The highest BCUT2D eigenvalue weighted by Gasteiger charge is 2.31. The van der Waals surface area contributed by atoms with Crippen molar-refractivity contribution >= 4 is 28.6 Å². The molecule has 146 valence electrons. The van der Waals surface area contributed by atoms with Crippen molar-refractivity contribution in [2.75, 3.05) is 13.2 Å². The molecule has 0 saturated carbocycles. The summed E-state index contributed by atoms with van der Waals surface area (Å²) in [6.07, 6.45) is 0.495. The van der Waals surface area contributed by atoms with Crippen LogP contribution in [0.2, 0.25) is 0 Å². The van der Waals surface area contributed by atoms with Gasteiger partial charge in [0.15, 0.2) is 6.61 Å². The van der Waals surface area contributed by atoms with Gasteiger partial charge >= 0.3 is 0 Å². The molecule has 0 bridgehead atoms. The lowest BCUT2D eigenvalue weighted by molar-refractivity contribution is -0.118. The van der Waals surface area contributed by atoms with Crippen LogP contribution in [0.1, 0.15) is 18.1 Å². The summed E-state index contributed by atoms with van der Waals surface area (Å²) in [4.78, 5) is 28.0.